The van der Waals surface area contributed by atoms with Gasteiger partial charge in [0.2, 0.25) is 5.91 Å². The predicted octanol–water partition coefficient (Wildman–Crippen LogP) is 1.26. The summed E-state index contributed by atoms with van der Waals surface area (Å²) >= 11 is 0. The maximum atomic E-state index is 12.0. The minimum atomic E-state index is -0.404. The lowest BCUT2D eigenvalue weighted by Gasteiger charge is -2.16. The second kappa shape index (κ2) is 7.41. The standard InChI is InChI=1S/C14H19NO4/c1-4-19-14(17)10-15(2)13(16)9-11-7-5-6-8-12(11)18-3/h5-8H,4,9-10H2,1-3H3. The minimum absolute atomic E-state index is 0.0399. The summed E-state index contributed by atoms with van der Waals surface area (Å²) in [4.78, 5) is 24.6. The van der Waals surface area contributed by atoms with Crippen molar-refractivity contribution in [2.24, 2.45) is 0 Å². The molecule has 104 valence electrons. The summed E-state index contributed by atoms with van der Waals surface area (Å²) in [6.45, 7) is 2.00. The number of nitrogens with zero attached hydrogens (tertiary/aromatic N) is 1. The van der Waals surface area contributed by atoms with Crippen molar-refractivity contribution >= 4 is 11.9 Å². The van der Waals surface area contributed by atoms with Crippen molar-refractivity contribution in [2.75, 3.05) is 27.3 Å². The summed E-state index contributed by atoms with van der Waals surface area (Å²) in [7, 11) is 3.14. The van der Waals surface area contributed by atoms with Gasteiger partial charge in [0.15, 0.2) is 0 Å². The molecule has 0 bridgehead atoms. The second-order valence-electron chi connectivity index (χ2n) is 4.04. The molecule has 0 radical (unpaired) electrons. The Labute approximate surface area is 113 Å². The molecule has 0 aliphatic rings. The van der Waals surface area contributed by atoms with E-state index >= 15 is 0 Å². The van der Waals surface area contributed by atoms with Crippen LogP contribution in [0, 0.1) is 0 Å². The maximum Gasteiger partial charge on any atom is 0.325 e. The summed E-state index contributed by atoms with van der Waals surface area (Å²) in [5, 5.41) is 0. The van der Waals surface area contributed by atoms with E-state index in [9.17, 15) is 9.59 Å². The van der Waals surface area contributed by atoms with Gasteiger partial charge in [-0.15, -0.1) is 0 Å². The molecule has 1 aromatic carbocycles. The largest absolute Gasteiger partial charge is 0.496 e. The van der Waals surface area contributed by atoms with E-state index in [-0.39, 0.29) is 18.9 Å². The van der Waals surface area contributed by atoms with Crippen LogP contribution in [-0.4, -0.2) is 44.1 Å². The lowest BCUT2D eigenvalue weighted by molar-refractivity contribution is -0.147. The molecule has 0 aliphatic heterocycles. The molecular formula is C14H19NO4. The number of rotatable bonds is 6. The molecule has 0 N–H and O–H groups in total. The molecule has 5 heteroatoms. The molecule has 0 aromatic heterocycles. The minimum Gasteiger partial charge on any atom is -0.496 e. The molecule has 0 aliphatic carbocycles. The van der Waals surface area contributed by atoms with Crippen LogP contribution in [0.3, 0.4) is 0 Å². The summed E-state index contributed by atoms with van der Waals surface area (Å²) in [5.41, 5.74) is 0.797. The fourth-order valence-corrected chi connectivity index (χ4v) is 1.64. The van der Waals surface area contributed by atoms with E-state index in [4.69, 9.17) is 9.47 Å². The number of para-hydroxylation sites is 1. The van der Waals surface area contributed by atoms with Gasteiger partial charge in [0, 0.05) is 12.6 Å². The molecule has 1 aromatic rings. The van der Waals surface area contributed by atoms with Gasteiger partial charge < -0.3 is 14.4 Å². The first-order chi connectivity index (χ1) is 9.08. The van der Waals surface area contributed by atoms with Crippen molar-refractivity contribution in [3.05, 3.63) is 29.8 Å². The summed E-state index contributed by atoms with van der Waals surface area (Å²) in [6.07, 6.45) is 0.194. The Morgan fingerprint density at radius 3 is 2.58 bits per heavy atom. The van der Waals surface area contributed by atoms with Gasteiger partial charge in [-0.1, -0.05) is 18.2 Å². The van der Waals surface area contributed by atoms with Crippen molar-refractivity contribution in [1.82, 2.24) is 4.90 Å². The number of likely N-dealkylation sites (N-methyl/N-ethyl adjacent to an activating group) is 1. The van der Waals surface area contributed by atoms with Crippen molar-refractivity contribution < 1.29 is 19.1 Å². The first kappa shape index (κ1) is 15.0. The van der Waals surface area contributed by atoms with Crippen LogP contribution in [0.5, 0.6) is 5.75 Å². The molecule has 5 nitrogen and oxygen atoms in total. The summed E-state index contributed by atoms with van der Waals surface area (Å²) in [5.74, 6) is 0.108. The summed E-state index contributed by atoms with van der Waals surface area (Å²) < 4.78 is 9.98. The number of ether oxygens (including phenoxy) is 2. The zero-order valence-corrected chi connectivity index (χ0v) is 11.5. The zero-order chi connectivity index (χ0) is 14.3. The Bertz CT molecular complexity index is 445. The molecule has 0 saturated carbocycles. The van der Waals surface area contributed by atoms with Gasteiger partial charge in [-0.3, -0.25) is 9.59 Å². The third-order valence-electron chi connectivity index (χ3n) is 2.63. The van der Waals surface area contributed by atoms with Crippen LogP contribution in [0.15, 0.2) is 24.3 Å². The van der Waals surface area contributed by atoms with Gasteiger partial charge >= 0.3 is 5.97 Å². The molecule has 0 saturated heterocycles. The normalized spacial score (nSPS) is 9.84. The van der Waals surface area contributed by atoms with E-state index in [0.717, 1.165) is 5.56 Å². The van der Waals surface area contributed by atoms with Gasteiger partial charge in [0.05, 0.1) is 20.1 Å². The monoisotopic (exact) mass is 265 g/mol. The molecular weight excluding hydrogens is 246 g/mol. The Kier molecular flexibility index (Phi) is 5.85. The number of methoxy groups -OCH3 is 1. The Morgan fingerprint density at radius 1 is 1.26 bits per heavy atom. The fraction of sp³-hybridized carbons (Fsp3) is 0.429. The highest BCUT2D eigenvalue weighted by Gasteiger charge is 2.15. The quantitative estimate of drug-likeness (QED) is 0.727. The summed E-state index contributed by atoms with van der Waals surface area (Å²) in [6, 6.07) is 7.31. The highest BCUT2D eigenvalue weighted by molar-refractivity contribution is 5.83. The first-order valence-corrected chi connectivity index (χ1v) is 6.10. The predicted molar refractivity (Wildman–Crippen MR) is 71.0 cm³/mol. The number of carbonyl (C=O) groups excluding carboxylic acids is 2. The number of benzene rings is 1. The number of hydrogen-bond acceptors (Lipinski definition) is 4. The van der Waals surface area contributed by atoms with E-state index < -0.39 is 5.97 Å². The van der Waals surface area contributed by atoms with Crippen LogP contribution in [0.2, 0.25) is 0 Å². The zero-order valence-electron chi connectivity index (χ0n) is 11.5. The van der Waals surface area contributed by atoms with Crippen LogP contribution in [0.25, 0.3) is 0 Å². The molecule has 0 unspecified atom stereocenters. The van der Waals surface area contributed by atoms with Crippen LogP contribution in [0.4, 0.5) is 0 Å². The second-order valence-corrected chi connectivity index (χ2v) is 4.04. The van der Waals surface area contributed by atoms with Crippen molar-refractivity contribution in [2.45, 2.75) is 13.3 Å². The van der Waals surface area contributed by atoms with E-state index in [2.05, 4.69) is 0 Å². The Balaban J connectivity index is 2.61. The van der Waals surface area contributed by atoms with Gasteiger partial charge in [0.25, 0.3) is 0 Å². The van der Waals surface area contributed by atoms with Crippen molar-refractivity contribution in [1.29, 1.82) is 0 Å². The van der Waals surface area contributed by atoms with Gasteiger partial charge in [0.1, 0.15) is 12.3 Å². The Hall–Kier alpha value is -2.04. The molecule has 0 heterocycles. The third-order valence-corrected chi connectivity index (χ3v) is 2.63. The van der Waals surface area contributed by atoms with Gasteiger partial charge in [-0.25, -0.2) is 0 Å². The highest BCUT2D eigenvalue weighted by atomic mass is 16.5. The van der Waals surface area contributed by atoms with Crippen LogP contribution >= 0.6 is 0 Å². The van der Waals surface area contributed by atoms with Gasteiger partial charge in [-0.2, -0.15) is 0 Å². The highest BCUT2D eigenvalue weighted by Crippen LogP contribution is 2.18. The smallest absolute Gasteiger partial charge is 0.325 e. The van der Waals surface area contributed by atoms with Gasteiger partial charge in [-0.05, 0) is 13.0 Å². The maximum absolute atomic E-state index is 12.0. The van der Waals surface area contributed by atoms with Crippen LogP contribution in [-0.2, 0) is 20.7 Å². The molecule has 19 heavy (non-hydrogen) atoms. The topological polar surface area (TPSA) is 55.8 Å². The molecule has 0 spiro atoms. The van der Waals surface area contributed by atoms with E-state index in [0.29, 0.717) is 12.4 Å². The first-order valence-electron chi connectivity index (χ1n) is 6.10. The third kappa shape index (κ3) is 4.62. The average Bonchev–Trinajstić information content (AvgIpc) is 2.39. The fourth-order valence-electron chi connectivity index (χ4n) is 1.64. The number of amides is 1. The van der Waals surface area contributed by atoms with Crippen LogP contribution in [0.1, 0.15) is 12.5 Å². The SMILES string of the molecule is CCOC(=O)CN(C)C(=O)Cc1ccccc1OC. The molecule has 0 atom stereocenters. The average molecular weight is 265 g/mol. The number of carbonyl (C=O) groups is 2. The Morgan fingerprint density at radius 2 is 1.95 bits per heavy atom. The van der Waals surface area contributed by atoms with Crippen molar-refractivity contribution in [3.8, 4) is 5.75 Å². The van der Waals surface area contributed by atoms with E-state index in [1.54, 1.807) is 27.1 Å². The van der Waals surface area contributed by atoms with Crippen LogP contribution < -0.4 is 4.74 Å². The molecule has 0 fully saturated rings. The number of esters is 1. The van der Waals surface area contributed by atoms with E-state index in [1.165, 1.54) is 4.90 Å². The number of hydrogen-bond donors (Lipinski definition) is 0. The van der Waals surface area contributed by atoms with Crippen molar-refractivity contribution in [3.63, 3.8) is 0 Å². The lowest BCUT2D eigenvalue weighted by Crippen LogP contribution is -2.34. The molecule has 1 rings (SSSR count). The molecule has 1 amide bonds. The van der Waals surface area contributed by atoms with E-state index in [1.807, 2.05) is 18.2 Å². The lowest BCUT2D eigenvalue weighted by atomic mass is 10.1.